The van der Waals surface area contributed by atoms with Crippen molar-refractivity contribution >= 4 is 48.6 Å². The maximum absolute atomic E-state index is 12.7. The van der Waals surface area contributed by atoms with Crippen molar-refractivity contribution in [1.82, 2.24) is 4.31 Å². The quantitative estimate of drug-likeness (QED) is 0.791. The molecule has 19 heavy (non-hydrogen) atoms. The molecule has 0 N–H and O–H groups in total. The van der Waals surface area contributed by atoms with Crippen LogP contribution in [0.2, 0.25) is 0 Å². The lowest BCUT2D eigenvalue weighted by Crippen LogP contribution is -2.32. The molecular weight excluding hydrogens is 366 g/mol. The number of hydrogen-bond acceptors (Lipinski definition) is 4. The Kier molecular flexibility index (Phi) is 3.83. The van der Waals surface area contributed by atoms with Crippen molar-refractivity contribution in [3.8, 4) is 0 Å². The molecule has 2 heterocycles. The second-order valence-corrected chi connectivity index (χ2v) is 9.11. The summed E-state index contributed by atoms with van der Waals surface area (Å²) in [6.07, 6.45) is 1.93. The van der Waals surface area contributed by atoms with Gasteiger partial charge in [-0.2, -0.15) is 15.6 Å². The molecule has 1 aliphatic rings. The molecule has 0 aliphatic heterocycles. The van der Waals surface area contributed by atoms with Gasteiger partial charge in [0.2, 0.25) is 0 Å². The molecule has 1 aliphatic carbocycles. The number of rotatable bonds is 5. The van der Waals surface area contributed by atoms with Gasteiger partial charge in [0.1, 0.15) is 4.21 Å². The Morgan fingerprint density at radius 3 is 2.63 bits per heavy atom. The molecule has 1 fully saturated rings. The predicted octanol–water partition coefficient (Wildman–Crippen LogP) is 3.93. The van der Waals surface area contributed by atoms with Crippen molar-refractivity contribution in [2.24, 2.45) is 0 Å². The molecule has 3 rings (SSSR count). The van der Waals surface area contributed by atoms with Crippen LogP contribution in [0.25, 0.3) is 0 Å². The van der Waals surface area contributed by atoms with Gasteiger partial charge in [0, 0.05) is 17.1 Å². The summed E-state index contributed by atoms with van der Waals surface area (Å²) in [5.74, 6) is 0. The highest BCUT2D eigenvalue weighted by Crippen LogP contribution is 2.37. The Balaban J connectivity index is 1.94. The summed E-state index contributed by atoms with van der Waals surface area (Å²) in [5, 5.41) is 5.79. The van der Waals surface area contributed by atoms with Crippen molar-refractivity contribution < 1.29 is 8.42 Å². The Bertz CT molecular complexity index is 659. The fourth-order valence-corrected chi connectivity index (χ4v) is 6.67. The summed E-state index contributed by atoms with van der Waals surface area (Å²) in [6, 6.07) is 3.94. The highest BCUT2D eigenvalue weighted by molar-refractivity contribution is 9.10. The van der Waals surface area contributed by atoms with Crippen molar-refractivity contribution in [2.75, 3.05) is 0 Å². The predicted molar refractivity (Wildman–Crippen MR) is 82.1 cm³/mol. The highest BCUT2D eigenvalue weighted by Gasteiger charge is 2.39. The standard InChI is InChI=1S/C12H12BrNO2S3/c13-11-4-6-18-12(11)19(15,16)14(10-1-2-10)7-9-3-5-17-8-9/h3-6,8,10H,1-2,7H2. The third-order valence-electron chi connectivity index (χ3n) is 3.00. The maximum Gasteiger partial charge on any atom is 0.254 e. The Morgan fingerprint density at radius 2 is 2.11 bits per heavy atom. The van der Waals surface area contributed by atoms with Gasteiger partial charge >= 0.3 is 0 Å². The van der Waals surface area contributed by atoms with Gasteiger partial charge in [0.05, 0.1) is 0 Å². The monoisotopic (exact) mass is 377 g/mol. The average Bonchev–Trinajstić information content (AvgIpc) is 2.88. The highest BCUT2D eigenvalue weighted by atomic mass is 79.9. The molecule has 0 aromatic carbocycles. The lowest BCUT2D eigenvalue weighted by atomic mass is 10.3. The van der Waals surface area contributed by atoms with E-state index >= 15 is 0 Å². The minimum Gasteiger partial charge on any atom is -0.206 e. The lowest BCUT2D eigenvalue weighted by Gasteiger charge is -2.20. The summed E-state index contributed by atoms with van der Waals surface area (Å²) in [7, 11) is -3.39. The van der Waals surface area contributed by atoms with Gasteiger partial charge < -0.3 is 0 Å². The topological polar surface area (TPSA) is 37.4 Å². The molecule has 0 bridgehead atoms. The first-order chi connectivity index (χ1) is 9.09. The van der Waals surface area contributed by atoms with Crippen LogP contribution in [0.1, 0.15) is 18.4 Å². The van der Waals surface area contributed by atoms with Crippen LogP contribution in [0.15, 0.2) is 37.0 Å². The van der Waals surface area contributed by atoms with E-state index in [0.29, 0.717) is 15.2 Å². The zero-order chi connectivity index (χ0) is 13.5. The molecule has 0 amide bonds. The van der Waals surface area contributed by atoms with E-state index < -0.39 is 10.0 Å². The van der Waals surface area contributed by atoms with E-state index in [9.17, 15) is 8.42 Å². The van der Waals surface area contributed by atoms with E-state index in [4.69, 9.17) is 0 Å². The van der Waals surface area contributed by atoms with Gasteiger partial charge in [-0.15, -0.1) is 11.3 Å². The second kappa shape index (κ2) is 5.29. The lowest BCUT2D eigenvalue weighted by molar-refractivity contribution is 0.400. The van der Waals surface area contributed by atoms with Crippen LogP contribution < -0.4 is 0 Å². The van der Waals surface area contributed by atoms with Crippen LogP contribution in [0.3, 0.4) is 0 Å². The van der Waals surface area contributed by atoms with Gasteiger partial charge in [0.15, 0.2) is 0 Å². The summed E-state index contributed by atoms with van der Waals surface area (Å²) in [5.41, 5.74) is 1.06. The van der Waals surface area contributed by atoms with Crippen LogP contribution in [0.4, 0.5) is 0 Å². The molecule has 0 saturated heterocycles. The number of halogens is 1. The summed E-state index contributed by atoms with van der Waals surface area (Å²) in [4.78, 5) is 0. The van der Waals surface area contributed by atoms with Gasteiger partial charge in [-0.3, -0.25) is 0 Å². The smallest absolute Gasteiger partial charge is 0.206 e. The minimum atomic E-state index is -3.39. The SMILES string of the molecule is O=S(=O)(c1sccc1Br)N(Cc1ccsc1)C1CC1. The van der Waals surface area contributed by atoms with Gasteiger partial charge in [-0.05, 0) is 62.6 Å². The molecule has 0 radical (unpaired) electrons. The Morgan fingerprint density at radius 1 is 1.32 bits per heavy atom. The maximum atomic E-state index is 12.7. The zero-order valence-electron chi connectivity index (χ0n) is 9.95. The van der Waals surface area contributed by atoms with Gasteiger partial charge in [0.25, 0.3) is 10.0 Å². The second-order valence-electron chi connectivity index (χ2n) is 4.47. The molecule has 0 spiro atoms. The Labute approximate surface area is 129 Å². The molecule has 2 aromatic rings. The van der Waals surface area contributed by atoms with Gasteiger partial charge in [-0.1, -0.05) is 0 Å². The largest absolute Gasteiger partial charge is 0.254 e. The van der Waals surface area contributed by atoms with E-state index in [0.717, 1.165) is 18.4 Å². The van der Waals surface area contributed by atoms with E-state index in [-0.39, 0.29) is 6.04 Å². The number of hydrogen-bond donors (Lipinski definition) is 0. The van der Waals surface area contributed by atoms with Gasteiger partial charge in [-0.25, -0.2) is 8.42 Å². The van der Waals surface area contributed by atoms with Crippen LogP contribution >= 0.6 is 38.6 Å². The van der Waals surface area contributed by atoms with E-state index in [2.05, 4.69) is 15.9 Å². The van der Waals surface area contributed by atoms with E-state index in [1.165, 1.54) is 11.3 Å². The van der Waals surface area contributed by atoms with Crippen LogP contribution in [-0.2, 0) is 16.6 Å². The normalized spacial score (nSPS) is 16.1. The fraction of sp³-hybridized carbons (Fsp3) is 0.333. The van der Waals surface area contributed by atoms with Crippen molar-refractivity contribution in [3.05, 3.63) is 38.3 Å². The first-order valence-corrected chi connectivity index (χ1v) is 9.90. The van der Waals surface area contributed by atoms with Crippen molar-refractivity contribution in [2.45, 2.75) is 29.6 Å². The molecule has 0 unspecified atom stereocenters. The molecule has 102 valence electrons. The summed E-state index contributed by atoms with van der Waals surface area (Å²) < 4.78 is 28.2. The zero-order valence-corrected chi connectivity index (χ0v) is 14.0. The van der Waals surface area contributed by atoms with Crippen LogP contribution in [-0.4, -0.2) is 18.8 Å². The molecule has 3 nitrogen and oxygen atoms in total. The molecule has 7 heteroatoms. The number of nitrogens with zero attached hydrogens (tertiary/aromatic N) is 1. The summed E-state index contributed by atoms with van der Waals surface area (Å²) >= 11 is 6.19. The summed E-state index contributed by atoms with van der Waals surface area (Å²) in [6.45, 7) is 0.473. The van der Waals surface area contributed by atoms with E-state index in [1.807, 2.05) is 16.8 Å². The fourth-order valence-electron chi connectivity index (χ4n) is 1.91. The third-order valence-corrected chi connectivity index (χ3v) is 8.28. The first kappa shape index (κ1) is 13.8. The average molecular weight is 378 g/mol. The van der Waals surface area contributed by atoms with Crippen molar-refractivity contribution in [1.29, 1.82) is 0 Å². The number of thiophene rings is 2. The molecule has 0 atom stereocenters. The molecule has 2 aromatic heterocycles. The van der Waals surface area contributed by atoms with Crippen LogP contribution in [0, 0.1) is 0 Å². The molecular formula is C12H12BrNO2S3. The van der Waals surface area contributed by atoms with Crippen LogP contribution in [0.5, 0.6) is 0 Å². The molecule has 1 saturated carbocycles. The van der Waals surface area contributed by atoms with E-state index in [1.54, 1.807) is 27.1 Å². The first-order valence-electron chi connectivity index (χ1n) is 5.85. The minimum absolute atomic E-state index is 0.166. The van der Waals surface area contributed by atoms with Crippen molar-refractivity contribution in [3.63, 3.8) is 0 Å². The third kappa shape index (κ3) is 2.80. The Hall–Kier alpha value is -0.210. The number of sulfonamides is 1.